The Morgan fingerprint density at radius 1 is 0.833 bits per heavy atom. The van der Waals surface area contributed by atoms with Gasteiger partial charge >= 0.3 is 0 Å². The molecule has 1 rings (SSSR count). The maximum atomic E-state index is 5.73. The fourth-order valence-electron chi connectivity index (χ4n) is 3.42. The molecule has 0 N–H and O–H groups in total. The summed E-state index contributed by atoms with van der Waals surface area (Å²) < 4.78 is 22.9. The lowest BCUT2D eigenvalue weighted by Gasteiger charge is -2.56. The molecule has 0 aromatic carbocycles. The van der Waals surface area contributed by atoms with Crippen LogP contribution >= 0.6 is 0 Å². The van der Waals surface area contributed by atoms with E-state index in [0.29, 0.717) is 0 Å². The highest BCUT2D eigenvalue weighted by molar-refractivity contribution is 6.41. The van der Waals surface area contributed by atoms with Crippen molar-refractivity contribution < 1.29 is 18.9 Å². The Morgan fingerprint density at radius 3 is 1.56 bits per heavy atom. The fourth-order valence-corrected chi connectivity index (χ4v) is 6.62. The minimum Gasteiger partial charge on any atom is -0.353 e. The monoisotopic (exact) mass is 276 g/mol. The van der Waals surface area contributed by atoms with E-state index in [2.05, 4.69) is 0 Å². The fraction of sp³-hybridized carbons (Fsp3) is 1.00. The normalized spacial score (nSPS) is 22.3. The van der Waals surface area contributed by atoms with Crippen LogP contribution in [-0.2, 0) is 18.9 Å². The van der Waals surface area contributed by atoms with Crippen LogP contribution in [0.5, 0.6) is 0 Å². The smallest absolute Gasteiger partial charge is 0.172 e. The lowest BCUT2D eigenvalue weighted by Crippen LogP contribution is -2.61. The summed E-state index contributed by atoms with van der Waals surface area (Å²) in [5.41, 5.74) is 0. The van der Waals surface area contributed by atoms with E-state index in [-0.39, 0.29) is 5.04 Å². The zero-order chi connectivity index (χ0) is 13.9. The second kappa shape index (κ2) is 6.01. The third-order valence-electron chi connectivity index (χ3n) is 5.00. The highest BCUT2D eigenvalue weighted by Crippen LogP contribution is 2.57. The van der Waals surface area contributed by atoms with E-state index < -0.39 is 21.1 Å². The summed E-state index contributed by atoms with van der Waals surface area (Å²) in [4.78, 5) is 0. The number of methoxy groups -OCH3 is 4. The summed E-state index contributed by atoms with van der Waals surface area (Å²) in [7, 11) is 6.40. The Balaban J connectivity index is 3.25. The first kappa shape index (κ1) is 16.1. The van der Waals surface area contributed by atoms with E-state index in [1.165, 1.54) is 18.9 Å². The van der Waals surface area contributed by atoms with Crippen molar-refractivity contribution in [3.05, 3.63) is 0 Å². The Hall–Kier alpha value is 0.0569. The molecular formula is C13H28O4Si. The molecule has 1 fully saturated rings. The lowest BCUT2D eigenvalue weighted by molar-refractivity contribution is -0.314. The van der Waals surface area contributed by atoms with E-state index in [0.717, 1.165) is 6.42 Å². The van der Waals surface area contributed by atoms with E-state index in [4.69, 9.17) is 18.9 Å². The van der Waals surface area contributed by atoms with Gasteiger partial charge in [-0.25, -0.2) is 0 Å². The van der Waals surface area contributed by atoms with Crippen molar-refractivity contribution in [1.82, 2.24) is 0 Å². The van der Waals surface area contributed by atoms with E-state index >= 15 is 0 Å². The summed E-state index contributed by atoms with van der Waals surface area (Å²) >= 11 is 0. The molecule has 1 aliphatic rings. The molecule has 0 amide bonds. The van der Waals surface area contributed by atoms with Crippen LogP contribution in [0.25, 0.3) is 0 Å². The topological polar surface area (TPSA) is 36.9 Å². The first-order valence-corrected chi connectivity index (χ1v) is 8.36. The van der Waals surface area contributed by atoms with Crippen LogP contribution in [0.2, 0.25) is 11.1 Å². The highest BCUT2D eigenvalue weighted by Gasteiger charge is 2.61. The molecule has 0 aliphatic carbocycles. The average Bonchev–Trinajstić information content (AvgIpc) is 2.45. The molecule has 0 spiro atoms. The molecule has 4 nitrogen and oxygen atoms in total. The predicted octanol–water partition coefficient (Wildman–Crippen LogP) is 1.93. The van der Waals surface area contributed by atoms with Crippen molar-refractivity contribution in [1.29, 1.82) is 0 Å². The highest BCUT2D eigenvalue weighted by atomic mass is 28.2. The van der Waals surface area contributed by atoms with Gasteiger partial charge in [-0.3, -0.25) is 0 Å². The van der Waals surface area contributed by atoms with Crippen LogP contribution in [-0.4, -0.2) is 49.5 Å². The van der Waals surface area contributed by atoms with Gasteiger partial charge in [0.05, 0.1) is 5.04 Å². The van der Waals surface area contributed by atoms with Gasteiger partial charge in [0, 0.05) is 38.0 Å². The van der Waals surface area contributed by atoms with Crippen LogP contribution in [0.15, 0.2) is 0 Å². The van der Waals surface area contributed by atoms with Gasteiger partial charge in [-0.15, -0.1) is 0 Å². The van der Waals surface area contributed by atoms with Crippen molar-refractivity contribution in [3.8, 4) is 0 Å². The largest absolute Gasteiger partial charge is 0.353 e. The third-order valence-corrected chi connectivity index (χ3v) is 8.35. The van der Waals surface area contributed by atoms with Gasteiger partial charge in [0.15, 0.2) is 11.6 Å². The molecule has 0 aromatic rings. The standard InChI is InChI=1S/C13H28O4Si/c1-11(14-3,15-4)13(9-7-8-10-18-13)12(2,16-5)17-6/h7-10,18H2,1-6H3. The third kappa shape index (κ3) is 2.27. The molecule has 5 heteroatoms. The molecule has 1 heterocycles. The van der Waals surface area contributed by atoms with Gasteiger partial charge in [-0.05, 0) is 20.3 Å². The van der Waals surface area contributed by atoms with Gasteiger partial charge in [0.25, 0.3) is 0 Å². The SMILES string of the molecule is COC(C)(OC)C1(C(C)(OC)OC)CCCC[SiH2]1. The van der Waals surface area contributed by atoms with Crippen LogP contribution in [0.4, 0.5) is 0 Å². The minimum absolute atomic E-state index is 0.161. The second-order valence-electron chi connectivity index (χ2n) is 5.35. The van der Waals surface area contributed by atoms with Crippen LogP contribution in [0.3, 0.4) is 0 Å². The zero-order valence-electron chi connectivity index (χ0n) is 12.7. The van der Waals surface area contributed by atoms with Crippen molar-refractivity contribution in [2.45, 2.75) is 55.8 Å². The summed E-state index contributed by atoms with van der Waals surface area (Å²) in [6, 6.07) is 1.28. The minimum atomic E-state index is -0.652. The van der Waals surface area contributed by atoms with Crippen LogP contribution in [0.1, 0.15) is 33.1 Å². The molecule has 108 valence electrons. The number of hydrogen-bond donors (Lipinski definition) is 0. The lowest BCUT2D eigenvalue weighted by atomic mass is 9.84. The summed E-state index contributed by atoms with van der Waals surface area (Å²) in [6.45, 7) is 4.03. The predicted molar refractivity (Wildman–Crippen MR) is 74.7 cm³/mol. The Kier molecular flexibility index (Phi) is 5.38. The van der Waals surface area contributed by atoms with Crippen molar-refractivity contribution in [2.24, 2.45) is 0 Å². The molecule has 0 aromatic heterocycles. The second-order valence-corrected chi connectivity index (χ2v) is 7.76. The van der Waals surface area contributed by atoms with Crippen LogP contribution in [0, 0.1) is 0 Å². The van der Waals surface area contributed by atoms with Gasteiger partial charge in [-0.1, -0.05) is 18.9 Å². The molecule has 0 atom stereocenters. The van der Waals surface area contributed by atoms with Gasteiger partial charge < -0.3 is 18.9 Å². The first-order valence-electron chi connectivity index (χ1n) is 6.66. The maximum absolute atomic E-state index is 5.73. The maximum Gasteiger partial charge on any atom is 0.172 e. The van der Waals surface area contributed by atoms with Gasteiger partial charge in [0.2, 0.25) is 0 Å². The summed E-state index contributed by atoms with van der Waals surface area (Å²) in [6.07, 6.45) is 3.52. The molecule has 0 radical (unpaired) electrons. The van der Waals surface area contributed by atoms with E-state index in [9.17, 15) is 0 Å². The number of rotatable bonds is 6. The number of hydrogen-bond acceptors (Lipinski definition) is 4. The van der Waals surface area contributed by atoms with Crippen molar-refractivity contribution in [3.63, 3.8) is 0 Å². The molecule has 1 saturated heterocycles. The molecular weight excluding hydrogens is 248 g/mol. The van der Waals surface area contributed by atoms with Gasteiger partial charge in [-0.2, -0.15) is 0 Å². The summed E-state index contributed by atoms with van der Waals surface area (Å²) in [5, 5.41) is -0.161. The van der Waals surface area contributed by atoms with Gasteiger partial charge in [0.1, 0.15) is 0 Å². The Labute approximate surface area is 113 Å². The van der Waals surface area contributed by atoms with Crippen molar-refractivity contribution >= 4 is 9.52 Å². The zero-order valence-corrected chi connectivity index (χ0v) is 14.1. The Morgan fingerprint density at radius 2 is 1.28 bits per heavy atom. The van der Waals surface area contributed by atoms with Crippen molar-refractivity contribution in [2.75, 3.05) is 28.4 Å². The van der Waals surface area contributed by atoms with Crippen LogP contribution < -0.4 is 0 Å². The number of ether oxygens (including phenoxy) is 4. The molecule has 18 heavy (non-hydrogen) atoms. The van der Waals surface area contributed by atoms with E-state index in [1.54, 1.807) is 28.4 Å². The molecule has 1 aliphatic heterocycles. The first-order chi connectivity index (χ1) is 8.45. The quantitative estimate of drug-likeness (QED) is 0.549. The Bertz CT molecular complexity index is 236. The average molecular weight is 276 g/mol. The molecule has 0 saturated carbocycles. The summed E-state index contributed by atoms with van der Waals surface area (Å²) in [5.74, 6) is -1.30. The molecule has 0 unspecified atom stereocenters. The van der Waals surface area contributed by atoms with E-state index in [1.807, 2.05) is 13.8 Å². The molecule has 0 bridgehead atoms.